The lowest BCUT2D eigenvalue weighted by molar-refractivity contribution is -0.116. The molecule has 0 fully saturated rings. The van der Waals surface area contributed by atoms with Gasteiger partial charge in [-0.15, -0.1) is 10.2 Å². The molecular weight excluding hydrogens is 460 g/mol. The normalized spacial score (nSPS) is 10.9. The molecule has 3 aromatic carbocycles. The van der Waals surface area contributed by atoms with Gasteiger partial charge in [-0.25, -0.2) is 0 Å². The van der Waals surface area contributed by atoms with Crippen molar-refractivity contribution >= 4 is 40.0 Å². The number of para-hydroxylation sites is 2. The molecule has 172 valence electrons. The van der Waals surface area contributed by atoms with Crippen molar-refractivity contribution in [1.82, 2.24) is 19.2 Å². The molecular formula is C26H20N6O2S. The summed E-state index contributed by atoms with van der Waals surface area (Å²) in [7, 11) is 0. The van der Waals surface area contributed by atoms with E-state index in [0.29, 0.717) is 34.1 Å². The van der Waals surface area contributed by atoms with Crippen molar-refractivity contribution in [2.75, 3.05) is 17.2 Å². The number of carbonyl (C=O) groups excluding carboxylic acids is 1. The lowest BCUT2D eigenvalue weighted by Gasteiger charge is -2.19. The fourth-order valence-electron chi connectivity index (χ4n) is 3.94. The molecule has 5 rings (SSSR count). The molecule has 2 aromatic heterocycles. The molecule has 0 bridgehead atoms. The molecule has 0 spiro atoms. The van der Waals surface area contributed by atoms with Gasteiger partial charge in [-0.3, -0.25) is 23.5 Å². The van der Waals surface area contributed by atoms with Gasteiger partial charge in [-0.2, -0.15) is 5.26 Å². The van der Waals surface area contributed by atoms with Gasteiger partial charge < -0.3 is 0 Å². The summed E-state index contributed by atoms with van der Waals surface area (Å²) in [5, 5.41) is 18.9. The first-order valence-electron chi connectivity index (χ1n) is 10.9. The van der Waals surface area contributed by atoms with Gasteiger partial charge in [-0.05, 0) is 29.8 Å². The number of nitriles is 1. The van der Waals surface area contributed by atoms with Gasteiger partial charge in [0.2, 0.25) is 11.7 Å². The predicted octanol–water partition coefficient (Wildman–Crippen LogP) is 3.74. The van der Waals surface area contributed by atoms with Crippen LogP contribution in [0.25, 0.3) is 16.7 Å². The number of anilines is 1. The van der Waals surface area contributed by atoms with E-state index in [0.717, 1.165) is 5.56 Å². The summed E-state index contributed by atoms with van der Waals surface area (Å²) in [6.07, 6.45) is 0. The average Bonchev–Trinajstić information content (AvgIpc) is 3.33. The van der Waals surface area contributed by atoms with E-state index in [4.69, 9.17) is 0 Å². The standard InChI is InChI=1S/C26H20N6O2S/c27-15-16-30(20-11-5-2-6-12-20)23(33)18-35-26-29-28-25-31(17-19-9-3-1-4-10-19)24(34)21-13-7-8-14-22(21)32(25)26/h1-14H,16-18H2. The number of nitrogens with zero attached hydrogens (tertiary/aromatic N) is 6. The third kappa shape index (κ3) is 4.39. The highest BCUT2D eigenvalue weighted by Crippen LogP contribution is 2.23. The van der Waals surface area contributed by atoms with Gasteiger partial charge in [0.05, 0.1) is 29.3 Å². The van der Waals surface area contributed by atoms with E-state index in [2.05, 4.69) is 16.3 Å². The van der Waals surface area contributed by atoms with E-state index >= 15 is 0 Å². The summed E-state index contributed by atoms with van der Waals surface area (Å²) in [6.45, 7) is 0.295. The maximum Gasteiger partial charge on any atom is 0.263 e. The van der Waals surface area contributed by atoms with Gasteiger partial charge in [0.1, 0.15) is 6.54 Å². The van der Waals surface area contributed by atoms with Crippen LogP contribution in [0.2, 0.25) is 0 Å². The Morgan fingerprint density at radius 3 is 2.37 bits per heavy atom. The van der Waals surface area contributed by atoms with Crippen LogP contribution in [0.15, 0.2) is 94.9 Å². The van der Waals surface area contributed by atoms with Crippen LogP contribution in [0, 0.1) is 11.3 Å². The molecule has 0 aliphatic rings. The molecule has 1 amide bonds. The summed E-state index contributed by atoms with van der Waals surface area (Å²) in [5.41, 5.74) is 2.15. The molecule has 8 nitrogen and oxygen atoms in total. The molecule has 0 unspecified atom stereocenters. The van der Waals surface area contributed by atoms with Crippen molar-refractivity contribution in [1.29, 1.82) is 5.26 Å². The van der Waals surface area contributed by atoms with Crippen LogP contribution in [-0.4, -0.2) is 37.4 Å². The zero-order valence-electron chi connectivity index (χ0n) is 18.6. The van der Waals surface area contributed by atoms with Crippen LogP contribution in [-0.2, 0) is 11.3 Å². The highest BCUT2D eigenvalue weighted by Gasteiger charge is 2.20. The van der Waals surface area contributed by atoms with Gasteiger partial charge in [0.25, 0.3) is 5.56 Å². The first-order valence-corrected chi connectivity index (χ1v) is 11.9. The Hall–Kier alpha value is -4.42. The topological polar surface area (TPSA) is 96.3 Å². The predicted molar refractivity (Wildman–Crippen MR) is 135 cm³/mol. The fourth-order valence-corrected chi connectivity index (χ4v) is 4.76. The van der Waals surface area contributed by atoms with E-state index in [1.807, 2.05) is 71.1 Å². The Morgan fingerprint density at radius 1 is 0.943 bits per heavy atom. The Bertz CT molecular complexity index is 1610. The summed E-state index contributed by atoms with van der Waals surface area (Å²) in [6, 6.07) is 28.1. The largest absolute Gasteiger partial charge is 0.298 e. The maximum atomic E-state index is 13.3. The lowest BCUT2D eigenvalue weighted by Crippen LogP contribution is -2.32. The fraction of sp³-hybridized carbons (Fsp3) is 0.115. The SMILES string of the molecule is N#CCN(C(=O)CSc1nnc2n(Cc3ccccc3)c(=O)c3ccccc3n12)c1ccccc1. The maximum absolute atomic E-state index is 13.3. The van der Waals surface area contributed by atoms with Crippen LogP contribution >= 0.6 is 11.8 Å². The molecule has 35 heavy (non-hydrogen) atoms. The van der Waals surface area contributed by atoms with E-state index in [1.165, 1.54) is 16.7 Å². The minimum absolute atomic E-state index is 0.0520. The molecule has 5 aromatic rings. The second-order valence-electron chi connectivity index (χ2n) is 7.77. The Labute approximate surface area is 205 Å². The number of fused-ring (bicyclic) bond motifs is 3. The van der Waals surface area contributed by atoms with E-state index in [9.17, 15) is 14.9 Å². The van der Waals surface area contributed by atoms with E-state index < -0.39 is 0 Å². The summed E-state index contributed by atoms with van der Waals surface area (Å²) < 4.78 is 3.41. The van der Waals surface area contributed by atoms with Gasteiger partial charge in [0.15, 0.2) is 5.16 Å². The number of hydrogen-bond acceptors (Lipinski definition) is 6. The van der Waals surface area contributed by atoms with Crippen molar-refractivity contribution in [2.24, 2.45) is 0 Å². The van der Waals surface area contributed by atoms with Crippen molar-refractivity contribution in [3.63, 3.8) is 0 Å². The van der Waals surface area contributed by atoms with E-state index in [-0.39, 0.29) is 23.8 Å². The molecule has 0 aliphatic carbocycles. The Morgan fingerprint density at radius 2 is 1.63 bits per heavy atom. The molecule has 0 atom stereocenters. The summed E-state index contributed by atoms with van der Waals surface area (Å²) in [5.74, 6) is 0.245. The zero-order valence-corrected chi connectivity index (χ0v) is 19.4. The summed E-state index contributed by atoms with van der Waals surface area (Å²) in [4.78, 5) is 27.8. The molecule has 2 heterocycles. The van der Waals surface area contributed by atoms with Gasteiger partial charge in [0, 0.05) is 5.69 Å². The first-order chi connectivity index (χ1) is 17.2. The van der Waals surface area contributed by atoms with Crippen molar-refractivity contribution in [3.8, 4) is 6.07 Å². The number of benzene rings is 3. The van der Waals surface area contributed by atoms with Crippen molar-refractivity contribution in [2.45, 2.75) is 11.7 Å². The number of hydrogen-bond donors (Lipinski definition) is 0. The quantitative estimate of drug-likeness (QED) is 0.260. The molecule has 9 heteroatoms. The van der Waals surface area contributed by atoms with Gasteiger partial charge in [-0.1, -0.05) is 72.4 Å². The van der Waals surface area contributed by atoms with Gasteiger partial charge >= 0.3 is 0 Å². The Kier molecular flexibility index (Phi) is 6.28. The first kappa shape index (κ1) is 22.4. The second-order valence-corrected chi connectivity index (χ2v) is 8.72. The zero-order chi connectivity index (χ0) is 24.2. The third-order valence-electron chi connectivity index (χ3n) is 5.58. The van der Waals surface area contributed by atoms with Crippen LogP contribution in [0.3, 0.4) is 0 Å². The molecule has 0 N–H and O–H groups in total. The van der Waals surface area contributed by atoms with Crippen LogP contribution in [0.1, 0.15) is 5.56 Å². The van der Waals surface area contributed by atoms with Crippen LogP contribution < -0.4 is 10.5 Å². The number of carbonyl (C=O) groups is 1. The van der Waals surface area contributed by atoms with E-state index in [1.54, 1.807) is 22.8 Å². The monoisotopic (exact) mass is 480 g/mol. The minimum atomic E-state index is -0.221. The Balaban J connectivity index is 1.52. The molecule has 0 radical (unpaired) electrons. The van der Waals surface area contributed by atoms with Crippen LogP contribution in [0.4, 0.5) is 5.69 Å². The minimum Gasteiger partial charge on any atom is -0.298 e. The summed E-state index contributed by atoms with van der Waals surface area (Å²) >= 11 is 1.22. The highest BCUT2D eigenvalue weighted by atomic mass is 32.2. The number of aromatic nitrogens is 4. The number of amides is 1. The molecule has 0 saturated carbocycles. The van der Waals surface area contributed by atoms with Crippen LogP contribution in [0.5, 0.6) is 0 Å². The highest BCUT2D eigenvalue weighted by molar-refractivity contribution is 7.99. The number of thioether (sulfide) groups is 1. The second kappa shape index (κ2) is 9.83. The smallest absolute Gasteiger partial charge is 0.263 e. The molecule has 0 saturated heterocycles. The van der Waals surface area contributed by atoms with Crippen molar-refractivity contribution in [3.05, 3.63) is 101 Å². The molecule has 0 aliphatic heterocycles. The lowest BCUT2D eigenvalue weighted by atomic mass is 10.2. The number of rotatable bonds is 7. The van der Waals surface area contributed by atoms with Crippen molar-refractivity contribution < 1.29 is 4.79 Å². The average molecular weight is 481 g/mol. The third-order valence-corrected chi connectivity index (χ3v) is 6.50.